The lowest BCUT2D eigenvalue weighted by atomic mass is 9.98. The van der Waals surface area contributed by atoms with Crippen LogP contribution in [0.4, 0.5) is 22.7 Å². The maximum Gasteiger partial charge on any atom is 0.0969 e. The summed E-state index contributed by atoms with van der Waals surface area (Å²) in [5.41, 5.74) is 17.4. The van der Waals surface area contributed by atoms with Gasteiger partial charge in [0.25, 0.3) is 0 Å². The Morgan fingerprint density at radius 1 is 0.955 bits per heavy atom. The third-order valence-corrected chi connectivity index (χ3v) is 3.92. The Hall–Kier alpha value is -3.01. The molecule has 1 unspecified atom stereocenters. The van der Waals surface area contributed by atoms with Crippen molar-refractivity contribution in [3.63, 3.8) is 0 Å². The summed E-state index contributed by atoms with van der Waals surface area (Å²) in [6.07, 6.45) is 5.90. The first kappa shape index (κ1) is 12.7. The molecule has 0 aromatic heterocycles. The molecule has 0 spiro atoms. The van der Waals surface area contributed by atoms with E-state index in [2.05, 4.69) is 17.0 Å². The van der Waals surface area contributed by atoms with Crippen LogP contribution in [0.5, 0.6) is 0 Å². The van der Waals surface area contributed by atoms with Crippen molar-refractivity contribution in [2.75, 3.05) is 10.6 Å². The third kappa shape index (κ3) is 1.97. The Morgan fingerprint density at radius 2 is 1.77 bits per heavy atom. The lowest BCUT2D eigenvalue weighted by Crippen LogP contribution is -2.40. The number of hydrogen-bond acceptors (Lipinski definition) is 4. The number of allylic oxidation sites excluding steroid dienone is 1. The van der Waals surface area contributed by atoms with E-state index < -0.39 is 0 Å². The summed E-state index contributed by atoms with van der Waals surface area (Å²) in [6.45, 7) is 0. The minimum absolute atomic E-state index is 0.0123. The summed E-state index contributed by atoms with van der Waals surface area (Å²) in [6, 6.07) is 16.0. The van der Waals surface area contributed by atoms with Gasteiger partial charge in [-0.15, -0.1) is 0 Å². The van der Waals surface area contributed by atoms with Gasteiger partial charge in [-0.2, -0.15) is 0 Å². The van der Waals surface area contributed by atoms with Gasteiger partial charge in [-0.25, -0.2) is 4.99 Å². The highest BCUT2D eigenvalue weighted by atomic mass is 15.2. The first-order valence-corrected chi connectivity index (χ1v) is 7.20. The van der Waals surface area contributed by atoms with E-state index in [-0.39, 0.29) is 6.04 Å². The number of hydrogen-bond donors (Lipinski definition) is 2. The van der Waals surface area contributed by atoms with Crippen LogP contribution in [0.1, 0.15) is 0 Å². The van der Waals surface area contributed by atoms with Gasteiger partial charge in [0.15, 0.2) is 0 Å². The number of benzene rings is 2. The van der Waals surface area contributed by atoms with Crippen LogP contribution < -0.4 is 16.4 Å². The zero-order valence-corrected chi connectivity index (χ0v) is 12.0. The van der Waals surface area contributed by atoms with Crippen LogP contribution >= 0.6 is 0 Å². The van der Waals surface area contributed by atoms with Crippen molar-refractivity contribution in [2.45, 2.75) is 6.04 Å². The maximum absolute atomic E-state index is 6.00. The number of fused-ring (bicyclic) bond motifs is 2. The molecule has 0 bridgehead atoms. The topological polar surface area (TPSA) is 67.6 Å². The van der Waals surface area contributed by atoms with E-state index in [9.17, 15) is 0 Å². The predicted molar refractivity (Wildman–Crippen MR) is 91.7 cm³/mol. The number of aliphatic imine (C=N–C) groups is 1. The largest absolute Gasteiger partial charge is 0.399 e. The van der Waals surface area contributed by atoms with Crippen molar-refractivity contribution in [1.29, 1.82) is 0 Å². The molecule has 0 fully saturated rings. The minimum atomic E-state index is -0.0123. The number of anilines is 3. The first-order valence-electron chi connectivity index (χ1n) is 7.20. The van der Waals surface area contributed by atoms with Crippen LogP contribution in [0.25, 0.3) is 0 Å². The number of rotatable bonds is 1. The summed E-state index contributed by atoms with van der Waals surface area (Å²) in [7, 11) is 0. The van der Waals surface area contributed by atoms with Gasteiger partial charge in [0.1, 0.15) is 0 Å². The molecule has 0 saturated carbocycles. The molecule has 0 saturated heterocycles. The number of nitrogens with two attached hydrogens (primary N) is 2. The summed E-state index contributed by atoms with van der Waals surface area (Å²) >= 11 is 0. The second kappa shape index (κ2) is 4.77. The molecule has 0 radical (unpaired) electrons. The molecule has 1 aliphatic carbocycles. The van der Waals surface area contributed by atoms with Gasteiger partial charge < -0.3 is 16.4 Å². The Labute approximate surface area is 129 Å². The molecular formula is C18H16N4. The molecule has 0 amide bonds. The summed E-state index contributed by atoms with van der Waals surface area (Å²) < 4.78 is 0. The standard InChI is InChI=1S/C18H16N4/c19-12-6-8-15-17(10-12)22(14-4-2-1-3-5-14)18-11-13(20)7-9-16(18)21-15/h1-11,17H,19-20H2. The lowest BCUT2D eigenvalue weighted by molar-refractivity contribution is 0.951. The minimum Gasteiger partial charge on any atom is -0.399 e. The van der Waals surface area contributed by atoms with Crippen molar-refractivity contribution in [1.82, 2.24) is 0 Å². The fraction of sp³-hybridized carbons (Fsp3) is 0.0556. The van der Waals surface area contributed by atoms with Gasteiger partial charge in [0, 0.05) is 17.1 Å². The third-order valence-electron chi connectivity index (χ3n) is 3.92. The molecular weight excluding hydrogens is 272 g/mol. The highest BCUT2D eigenvalue weighted by Gasteiger charge is 2.30. The van der Waals surface area contributed by atoms with Crippen LogP contribution in [0.2, 0.25) is 0 Å². The van der Waals surface area contributed by atoms with Gasteiger partial charge in [0.05, 0.1) is 23.1 Å². The van der Waals surface area contributed by atoms with Crippen molar-refractivity contribution >= 4 is 28.5 Å². The molecule has 4 rings (SSSR count). The van der Waals surface area contributed by atoms with Crippen LogP contribution in [0.3, 0.4) is 0 Å². The average Bonchev–Trinajstić information content (AvgIpc) is 2.54. The molecule has 2 aromatic carbocycles. The van der Waals surface area contributed by atoms with E-state index in [4.69, 9.17) is 16.5 Å². The smallest absolute Gasteiger partial charge is 0.0969 e. The molecule has 2 aromatic rings. The van der Waals surface area contributed by atoms with Crippen molar-refractivity contribution in [3.8, 4) is 0 Å². The summed E-state index contributed by atoms with van der Waals surface area (Å²) in [5, 5.41) is 0. The maximum atomic E-state index is 6.00. The van der Waals surface area contributed by atoms with Crippen LogP contribution in [0, 0.1) is 0 Å². The summed E-state index contributed by atoms with van der Waals surface area (Å²) in [5.74, 6) is 0. The molecule has 22 heavy (non-hydrogen) atoms. The molecule has 108 valence electrons. The first-order chi connectivity index (χ1) is 10.7. The van der Waals surface area contributed by atoms with Crippen LogP contribution in [-0.4, -0.2) is 11.8 Å². The summed E-state index contributed by atoms with van der Waals surface area (Å²) in [4.78, 5) is 6.98. The molecule has 1 aliphatic heterocycles. The van der Waals surface area contributed by atoms with E-state index in [1.54, 1.807) is 0 Å². The van der Waals surface area contributed by atoms with Gasteiger partial charge >= 0.3 is 0 Å². The molecule has 1 heterocycles. The quantitative estimate of drug-likeness (QED) is 0.791. The molecule has 4 N–H and O–H groups in total. The fourth-order valence-electron chi connectivity index (χ4n) is 2.92. The Balaban J connectivity index is 1.95. The number of nitrogens with zero attached hydrogens (tertiary/aromatic N) is 2. The van der Waals surface area contributed by atoms with Crippen molar-refractivity contribution in [3.05, 3.63) is 72.5 Å². The number of nitrogen functional groups attached to an aromatic ring is 1. The Bertz CT molecular complexity index is 818. The zero-order chi connectivity index (χ0) is 15.1. The Morgan fingerprint density at radius 3 is 2.59 bits per heavy atom. The lowest BCUT2D eigenvalue weighted by Gasteiger charge is -2.37. The fourth-order valence-corrected chi connectivity index (χ4v) is 2.92. The normalized spacial score (nSPS) is 19.1. The SMILES string of the molecule is NC1=CC2C(=Nc3ccc(N)cc3N2c2ccccc2)C=C1. The molecule has 4 nitrogen and oxygen atoms in total. The van der Waals surface area contributed by atoms with E-state index in [1.807, 2.05) is 54.6 Å². The van der Waals surface area contributed by atoms with Crippen LogP contribution in [-0.2, 0) is 0 Å². The predicted octanol–water partition coefficient (Wildman–Crippen LogP) is 3.27. The van der Waals surface area contributed by atoms with Gasteiger partial charge in [0.2, 0.25) is 0 Å². The molecule has 2 aliphatic rings. The zero-order valence-electron chi connectivity index (χ0n) is 12.0. The van der Waals surface area contributed by atoms with E-state index in [1.165, 1.54) is 0 Å². The second-order valence-corrected chi connectivity index (χ2v) is 5.44. The van der Waals surface area contributed by atoms with Crippen molar-refractivity contribution in [2.24, 2.45) is 10.7 Å². The van der Waals surface area contributed by atoms with Gasteiger partial charge in [-0.3, -0.25) is 0 Å². The highest BCUT2D eigenvalue weighted by molar-refractivity contribution is 6.10. The van der Waals surface area contributed by atoms with Gasteiger partial charge in [-0.1, -0.05) is 18.2 Å². The average molecular weight is 288 g/mol. The van der Waals surface area contributed by atoms with E-state index in [0.717, 1.165) is 34.2 Å². The second-order valence-electron chi connectivity index (χ2n) is 5.44. The molecule has 4 heteroatoms. The highest BCUT2D eigenvalue weighted by Crippen LogP contribution is 2.42. The van der Waals surface area contributed by atoms with Gasteiger partial charge in [-0.05, 0) is 48.6 Å². The van der Waals surface area contributed by atoms with E-state index >= 15 is 0 Å². The number of para-hydroxylation sites is 1. The molecule has 1 atom stereocenters. The van der Waals surface area contributed by atoms with E-state index in [0.29, 0.717) is 0 Å². The monoisotopic (exact) mass is 288 g/mol. The Kier molecular flexibility index (Phi) is 2.76. The van der Waals surface area contributed by atoms with Crippen molar-refractivity contribution < 1.29 is 0 Å². The van der Waals surface area contributed by atoms with Crippen LogP contribution in [0.15, 0.2) is 77.4 Å².